The van der Waals surface area contributed by atoms with Gasteiger partial charge in [0.1, 0.15) is 0 Å². The van der Waals surface area contributed by atoms with E-state index in [1.165, 1.54) is 4.90 Å². The summed E-state index contributed by atoms with van der Waals surface area (Å²) >= 11 is 1.70. The molecule has 1 N–H and O–H groups in total. The first-order valence-corrected chi connectivity index (χ1v) is 9.57. The monoisotopic (exact) mass is 367 g/mol. The average molecular weight is 367 g/mol. The molecule has 0 spiro atoms. The van der Waals surface area contributed by atoms with E-state index in [-0.39, 0.29) is 18.3 Å². The highest BCUT2D eigenvalue weighted by Crippen LogP contribution is 2.18. The third kappa shape index (κ3) is 4.73. The molecule has 3 aromatic rings. The lowest BCUT2D eigenvalue weighted by molar-refractivity contribution is -0.115. The number of hydrogen-bond donors (Lipinski definition) is 1. The van der Waals surface area contributed by atoms with E-state index < -0.39 is 0 Å². The average Bonchev–Trinajstić information content (AvgIpc) is 3.05. The largest absolute Gasteiger partial charge is 0.407 e. The molecule has 134 valence electrons. The molecule has 6 heteroatoms. The molecular formula is C20H21N3O2S. The molecule has 1 amide bonds. The van der Waals surface area contributed by atoms with E-state index in [1.54, 1.807) is 11.8 Å². The van der Waals surface area contributed by atoms with E-state index in [4.69, 9.17) is 4.42 Å². The topological polar surface area (TPSA) is 68.0 Å². The van der Waals surface area contributed by atoms with Crippen LogP contribution in [0.5, 0.6) is 0 Å². The van der Waals surface area contributed by atoms with Gasteiger partial charge in [0.2, 0.25) is 11.8 Å². The Balaban J connectivity index is 1.60. The number of anilines is 1. The summed E-state index contributed by atoms with van der Waals surface area (Å²) in [5, 5.41) is 10.6. The molecule has 0 unspecified atom stereocenters. The quantitative estimate of drug-likeness (QED) is 0.662. The number of amides is 1. The Kier molecular flexibility index (Phi) is 5.73. The van der Waals surface area contributed by atoms with Crippen LogP contribution in [0.25, 0.3) is 0 Å². The number of thioether (sulfide) groups is 1. The van der Waals surface area contributed by atoms with Crippen molar-refractivity contribution in [2.75, 3.05) is 11.6 Å². The smallest absolute Gasteiger partial charge is 0.322 e. The fourth-order valence-corrected chi connectivity index (χ4v) is 3.03. The summed E-state index contributed by atoms with van der Waals surface area (Å²) in [5.74, 6) is 0.308. The molecule has 0 saturated heterocycles. The van der Waals surface area contributed by atoms with Gasteiger partial charge in [0.25, 0.3) is 0 Å². The highest BCUT2D eigenvalue weighted by molar-refractivity contribution is 7.98. The standard InChI is InChI=1S/C20H21N3O2S/c1-13-4-5-14(2)16(10-13)12-18(24)21-20-23-22-19(25-20)11-15-6-8-17(26-3)9-7-15/h4-10H,11-12H2,1-3H3,(H,21,23,24). The van der Waals surface area contributed by atoms with Gasteiger partial charge in [-0.05, 0) is 48.9 Å². The predicted octanol–water partition coefficient (Wildman–Crippen LogP) is 4.18. The van der Waals surface area contributed by atoms with Crippen molar-refractivity contribution in [2.45, 2.75) is 31.6 Å². The summed E-state index contributed by atoms with van der Waals surface area (Å²) < 4.78 is 5.55. The molecule has 0 aliphatic heterocycles. The van der Waals surface area contributed by atoms with Crippen molar-refractivity contribution in [3.05, 3.63) is 70.6 Å². The van der Waals surface area contributed by atoms with E-state index in [9.17, 15) is 4.79 Å². The molecule has 0 atom stereocenters. The van der Waals surface area contributed by atoms with Crippen molar-refractivity contribution in [1.29, 1.82) is 0 Å². The van der Waals surface area contributed by atoms with Gasteiger partial charge < -0.3 is 4.42 Å². The van der Waals surface area contributed by atoms with Crippen LogP contribution in [-0.4, -0.2) is 22.4 Å². The summed E-state index contributed by atoms with van der Waals surface area (Å²) in [5.41, 5.74) is 4.30. The molecule has 2 aromatic carbocycles. The van der Waals surface area contributed by atoms with Gasteiger partial charge in [0, 0.05) is 4.90 Å². The number of aromatic nitrogens is 2. The van der Waals surface area contributed by atoms with Crippen LogP contribution in [0.4, 0.5) is 6.01 Å². The zero-order valence-corrected chi connectivity index (χ0v) is 15.9. The minimum atomic E-state index is -0.168. The van der Waals surface area contributed by atoms with Crippen molar-refractivity contribution < 1.29 is 9.21 Å². The zero-order valence-electron chi connectivity index (χ0n) is 15.1. The van der Waals surface area contributed by atoms with E-state index in [0.29, 0.717) is 12.3 Å². The van der Waals surface area contributed by atoms with Gasteiger partial charge in [-0.2, -0.15) is 0 Å². The van der Waals surface area contributed by atoms with Crippen LogP contribution < -0.4 is 5.32 Å². The fourth-order valence-electron chi connectivity index (χ4n) is 2.62. The summed E-state index contributed by atoms with van der Waals surface area (Å²) in [7, 11) is 0. The number of nitrogens with one attached hydrogen (secondary N) is 1. The number of carbonyl (C=O) groups is 1. The molecule has 0 bridgehead atoms. The van der Waals surface area contributed by atoms with Crippen LogP contribution in [0.3, 0.4) is 0 Å². The first-order chi connectivity index (χ1) is 12.5. The number of carbonyl (C=O) groups excluding carboxylic acids is 1. The van der Waals surface area contributed by atoms with Crippen LogP contribution in [0.2, 0.25) is 0 Å². The molecule has 0 saturated carbocycles. The van der Waals surface area contributed by atoms with Crippen molar-refractivity contribution in [2.24, 2.45) is 0 Å². The van der Waals surface area contributed by atoms with Crippen LogP contribution in [0.15, 0.2) is 51.8 Å². The highest BCUT2D eigenvalue weighted by atomic mass is 32.2. The Morgan fingerprint density at radius 2 is 1.88 bits per heavy atom. The van der Waals surface area contributed by atoms with Gasteiger partial charge in [-0.1, -0.05) is 41.0 Å². The minimum absolute atomic E-state index is 0.135. The lowest BCUT2D eigenvalue weighted by Crippen LogP contribution is -2.15. The summed E-state index contributed by atoms with van der Waals surface area (Å²) in [6.07, 6.45) is 2.86. The van der Waals surface area contributed by atoms with Crippen LogP contribution in [0, 0.1) is 13.8 Å². The Labute approximate surface area is 157 Å². The minimum Gasteiger partial charge on any atom is -0.407 e. The van der Waals surface area contributed by atoms with E-state index in [0.717, 1.165) is 22.3 Å². The lowest BCUT2D eigenvalue weighted by atomic mass is 10.0. The van der Waals surface area contributed by atoms with Crippen LogP contribution >= 0.6 is 11.8 Å². The maximum absolute atomic E-state index is 12.2. The number of rotatable bonds is 6. The molecular weight excluding hydrogens is 346 g/mol. The second kappa shape index (κ2) is 8.19. The first-order valence-electron chi connectivity index (χ1n) is 8.35. The number of nitrogens with zero attached hydrogens (tertiary/aromatic N) is 2. The highest BCUT2D eigenvalue weighted by Gasteiger charge is 2.12. The third-order valence-electron chi connectivity index (χ3n) is 4.08. The molecule has 1 aromatic heterocycles. The predicted molar refractivity (Wildman–Crippen MR) is 104 cm³/mol. The molecule has 26 heavy (non-hydrogen) atoms. The van der Waals surface area contributed by atoms with Gasteiger partial charge in [0.05, 0.1) is 12.8 Å². The zero-order chi connectivity index (χ0) is 18.5. The molecule has 3 rings (SSSR count). The number of benzene rings is 2. The van der Waals surface area contributed by atoms with Gasteiger partial charge in [-0.3, -0.25) is 10.1 Å². The second-order valence-corrected chi connectivity index (χ2v) is 7.06. The molecule has 5 nitrogen and oxygen atoms in total. The molecule has 0 fully saturated rings. The van der Waals surface area contributed by atoms with Crippen molar-refractivity contribution in [3.63, 3.8) is 0 Å². The lowest BCUT2D eigenvalue weighted by Gasteiger charge is -2.06. The van der Waals surface area contributed by atoms with Gasteiger partial charge in [-0.15, -0.1) is 16.9 Å². The van der Waals surface area contributed by atoms with Crippen LogP contribution in [-0.2, 0) is 17.6 Å². The summed E-state index contributed by atoms with van der Waals surface area (Å²) in [4.78, 5) is 13.4. The van der Waals surface area contributed by atoms with Crippen molar-refractivity contribution >= 4 is 23.7 Å². The first kappa shape index (κ1) is 18.2. The third-order valence-corrected chi connectivity index (χ3v) is 4.83. The van der Waals surface area contributed by atoms with Crippen molar-refractivity contribution in [1.82, 2.24) is 10.2 Å². The molecule has 0 aliphatic rings. The second-order valence-electron chi connectivity index (χ2n) is 6.18. The molecule has 0 aliphatic carbocycles. The Bertz CT molecular complexity index is 904. The summed E-state index contributed by atoms with van der Waals surface area (Å²) in [6, 6.07) is 14.4. The number of aryl methyl sites for hydroxylation is 2. The van der Waals surface area contributed by atoms with E-state index in [2.05, 4.69) is 27.6 Å². The Morgan fingerprint density at radius 3 is 2.62 bits per heavy atom. The maximum atomic E-state index is 12.2. The van der Waals surface area contributed by atoms with E-state index in [1.807, 2.05) is 50.4 Å². The summed E-state index contributed by atoms with van der Waals surface area (Å²) in [6.45, 7) is 4.01. The SMILES string of the molecule is CSc1ccc(Cc2nnc(NC(=O)Cc3cc(C)ccc3C)o2)cc1. The Morgan fingerprint density at radius 1 is 1.12 bits per heavy atom. The van der Waals surface area contributed by atoms with Crippen LogP contribution in [0.1, 0.15) is 28.1 Å². The molecule has 0 radical (unpaired) electrons. The molecule has 1 heterocycles. The van der Waals surface area contributed by atoms with Gasteiger partial charge >= 0.3 is 6.01 Å². The van der Waals surface area contributed by atoms with Gasteiger partial charge in [0.15, 0.2) is 0 Å². The number of hydrogen-bond acceptors (Lipinski definition) is 5. The van der Waals surface area contributed by atoms with Crippen molar-refractivity contribution in [3.8, 4) is 0 Å². The Hall–Kier alpha value is -2.60. The normalized spacial score (nSPS) is 10.7. The van der Waals surface area contributed by atoms with E-state index >= 15 is 0 Å². The maximum Gasteiger partial charge on any atom is 0.322 e. The fraction of sp³-hybridized carbons (Fsp3) is 0.250. The van der Waals surface area contributed by atoms with Gasteiger partial charge in [-0.25, -0.2) is 0 Å².